The van der Waals surface area contributed by atoms with E-state index in [0.717, 1.165) is 0 Å². The zero-order chi connectivity index (χ0) is 15.8. The Kier molecular flexibility index (Phi) is 6.67. The van der Waals surface area contributed by atoms with E-state index in [0.29, 0.717) is 24.1 Å². The molecule has 0 aliphatic rings. The van der Waals surface area contributed by atoms with Crippen molar-refractivity contribution in [2.75, 3.05) is 11.9 Å². The minimum Gasteiger partial charge on any atom is -0.481 e. The lowest BCUT2D eigenvalue weighted by atomic mass is 10.1. The number of carboxylic acids is 2. The molecule has 1 amide bonds. The van der Waals surface area contributed by atoms with Gasteiger partial charge in [-0.3, -0.25) is 10.1 Å². The van der Waals surface area contributed by atoms with Crippen molar-refractivity contribution in [1.82, 2.24) is 0 Å². The summed E-state index contributed by atoms with van der Waals surface area (Å²) in [5.41, 5.74) is 0.252. The highest BCUT2D eigenvalue weighted by atomic mass is 32.1. The van der Waals surface area contributed by atoms with Crippen LogP contribution in [0, 0.1) is 0 Å². The Morgan fingerprint density at radius 1 is 1.29 bits per heavy atom. The van der Waals surface area contributed by atoms with Gasteiger partial charge in [-0.05, 0) is 26.2 Å². The van der Waals surface area contributed by atoms with Crippen LogP contribution in [0.25, 0.3) is 0 Å². The van der Waals surface area contributed by atoms with Crippen molar-refractivity contribution in [1.29, 1.82) is 0 Å². The quantitative estimate of drug-likeness (QED) is 0.636. The molecule has 7 nitrogen and oxygen atoms in total. The molecule has 1 heterocycles. The summed E-state index contributed by atoms with van der Waals surface area (Å²) in [4.78, 5) is 33.7. The van der Waals surface area contributed by atoms with Gasteiger partial charge < -0.3 is 14.9 Å². The van der Waals surface area contributed by atoms with Crippen LogP contribution in [0.2, 0.25) is 0 Å². The minimum absolute atomic E-state index is 0.0151. The SMILES string of the molecule is CCOC(=O)Nc1c(C(=O)O)csc1CCCCC(=O)O. The lowest BCUT2D eigenvalue weighted by Gasteiger charge is -2.08. The number of carbonyl (C=O) groups excluding carboxylic acids is 1. The number of nitrogens with one attached hydrogen (secondary N) is 1. The minimum atomic E-state index is -1.13. The van der Waals surface area contributed by atoms with Gasteiger partial charge in [0.05, 0.1) is 17.9 Å². The van der Waals surface area contributed by atoms with Crippen molar-refractivity contribution in [2.45, 2.75) is 32.6 Å². The zero-order valence-corrected chi connectivity index (χ0v) is 12.4. The van der Waals surface area contributed by atoms with Gasteiger partial charge in [-0.25, -0.2) is 9.59 Å². The summed E-state index contributed by atoms with van der Waals surface area (Å²) >= 11 is 1.22. The van der Waals surface area contributed by atoms with Crippen LogP contribution >= 0.6 is 11.3 Å². The number of aliphatic carboxylic acids is 1. The molecule has 116 valence electrons. The number of aryl methyl sites for hydroxylation is 1. The molecule has 0 unspecified atom stereocenters. The van der Waals surface area contributed by atoms with E-state index in [1.165, 1.54) is 16.7 Å². The maximum Gasteiger partial charge on any atom is 0.411 e. The molecule has 1 aromatic rings. The second kappa shape index (κ2) is 8.25. The maximum absolute atomic E-state index is 11.5. The summed E-state index contributed by atoms with van der Waals surface area (Å²) in [6, 6.07) is 0. The van der Waals surface area contributed by atoms with Gasteiger partial charge in [0.15, 0.2) is 0 Å². The molecule has 3 N–H and O–H groups in total. The molecule has 8 heteroatoms. The molecule has 0 atom stereocenters. The summed E-state index contributed by atoms with van der Waals surface area (Å²) in [5.74, 6) is -1.99. The smallest absolute Gasteiger partial charge is 0.411 e. The predicted molar refractivity (Wildman–Crippen MR) is 77.1 cm³/mol. The maximum atomic E-state index is 11.5. The topological polar surface area (TPSA) is 113 Å². The highest BCUT2D eigenvalue weighted by Gasteiger charge is 2.19. The zero-order valence-electron chi connectivity index (χ0n) is 11.5. The van der Waals surface area contributed by atoms with E-state index >= 15 is 0 Å². The first-order valence-electron chi connectivity index (χ1n) is 6.45. The first-order chi connectivity index (χ1) is 9.95. The molecule has 1 aromatic heterocycles. The molecule has 21 heavy (non-hydrogen) atoms. The van der Waals surface area contributed by atoms with E-state index in [1.807, 2.05) is 0 Å². The number of carboxylic acid groups (broad SMARTS) is 2. The lowest BCUT2D eigenvalue weighted by Crippen LogP contribution is -2.16. The van der Waals surface area contributed by atoms with Gasteiger partial charge in [-0.15, -0.1) is 11.3 Å². The number of anilines is 1. The van der Waals surface area contributed by atoms with Gasteiger partial charge in [0.2, 0.25) is 0 Å². The average Bonchev–Trinajstić information content (AvgIpc) is 2.78. The van der Waals surface area contributed by atoms with E-state index in [1.54, 1.807) is 6.92 Å². The summed E-state index contributed by atoms with van der Waals surface area (Å²) in [5, 5.41) is 21.6. The van der Waals surface area contributed by atoms with Gasteiger partial charge in [-0.2, -0.15) is 0 Å². The molecule has 0 aliphatic heterocycles. The molecule has 0 saturated heterocycles. The number of hydrogen-bond acceptors (Lipinski definition) is 5. The summed E-state index contributed by atoms with van der Waals surface area (Å²) in [6.45, 7) is 1.84. The van der Waals surface area contributed by atoms with Crippen molar-refractivity contribution < 1.29 is 29.3 Å². The Morgan fingerprint density at radius 3 is 2.57 bits per heavy atom. The standard InChI is InChI=1S/C13H17NO6S/c1-2-20-13(19)14-11-8(12(17)18)7-21-9(11)5-3-4-6-10(15)16/h7H,2-6H2,1H3,(H,14,19)(H,15,16)(H,17,18). The van der Waals surface area contributed by atoms with Gasteiger partial charge >= 0.3 is 18.0 Å². The Morgan fingerprint density at radius 2 is 2.00 bits per heavy atom. The van der Waals surface area contributed by atoms with Gasteiger partial charge in [0.1, 0.15) is 0 Å². The normalized spacial score (nSPS) is 10.1. The summed E-state index contributed by atoms with van der Waals surface area (Å²) in [6.07, 6.45) is 0.966. The van der Waals surface area contributed by atoms with Gasteiger partial charge in [-0.1, -0.05) is 0 Å². The van der Waals surface area contributed by atoms with Gasteiger partial charge in [0, 0.05) is 16.7 Å². The third-order valence-corrected chi connectivity index (χ3v) is 3.69. The van der Waals surface area contributed by atoms with Crippen molar-refractivity contribution in [2.24, 2.45) is 0 Å². The number of amides is 1. The van der Waals surface area contributed by atoms with E-state index in [-0.39, 0.29) is 24.3 Å². The molecule has 0 fully saturated rings. The van der Waals surface area contributed by atoms with E-state index in [2.05, 4.69) is 5.32 Å². The fraction of sp³-hybridized carbons (Fsp3) is 0.462. The Bertz CT molecular complexity index is 525. The van der Waals surface area contributed by atoms with Crippen LogP contribution in [0.3, 0.4) is 0 Å². The number of thiophene rings is 1. The van der Waals surface area contributed by atoms with Crippen LogP contribution in [0.1, 0.15) is 41.4 Å². The molecule has 0 spiro atoms. The number of unbranched alkanes of at least 4 members (excludes halogenated alkanes) is 1. The van der Waals surface area contributed by atoms with Crippen LogP contribution in [0.15, 0.2) is 5.38 Å². The van der Waals surface area contributed by atoms with Crippen molar-refractivity contribution in [3.8, 4) is 0 Å². The third kappa shape index (κ3) is 5.42. The summed E-state index contributed by atoms with van der Waals surface area (Å²) < 4.78 is 4.75. The largest absolute Gasteiger partial charge is 0.481 e. The fourth-order valence-electron chi connectivity index (χ4n) is 1.71. The average molecular weight is 315 g/mol. The predicted octanol–water partition coefficient (Wildman–Crippen LogP) is 2.81. The van der Waals surface area contributed by atoms with Crippen molar-refractivity contribution in [3.05, 3.63) is 15.8 Å². The molecule has 0 saturated carbocycles. The number of aromatic carboxylic acids is 1. The van der Waals surface area contributed by atoms with Crippen LogP contribution in [-0.2, 0) is 16.0 Å². The number of carbonyl (C=O) groups is 3. The molecular formula is C13H17NO6S. The van der Waals surface area contributed by atoms with E-state index in [4.69, 9.17) is 14.9 Å². The van der Waals surface area contributed by atoms with Gasteiger partial charge in [0.25, 0.3) is 0 Å². The molecule has 0 aromatic carbocycles. The highest BCUT2D eigenvalue weighted by Crippen LogP contribution is 2.30. The van der Waals surface area contributed by atoms with Crippen LogP contribution < -0.4 is 5.32 Å². The Hall–Kier alpha value is -2.09. The number of hydrogen-bond donors (Lipinski definition) is 3. The Labute approximate surface area is 125 Å². The molecule has 0 bridgehead atoms. The monoisotopic (exact) mass is 315 g/mol. The van der Waals surface area contributed by atoms with E-state index < -0.39 is 18.0 Å². The number of ether oxygens (including phenoxy) is 1. The molecular weight excluding hydrogens is 298 g/mol. The Balaban J connectivity index is 2.76. The number of rotatable bonds is 8. The lowest BCUT2D eigenvalue weighted by molar-refractivity contribution is -0.137. The van der Waals surface area contributed by atoms with Crippen LogP contribution in [0.5, 0.6) is 0 Å². The van der Waals surface area contributed by atoms with E-state index in [9.17, 15) is 14.4 Å². The molecule has 1 rings (SSSR count). The summed E-state index contributed by atoms with van der Waals surface area (Å²) in [7, 11) is 0. The first-order valence-corrected chi connectivity index (χ1v) is 7.32. The second-order valence-corrected chi connectivity index (χ2v) is 5.16. The van der Waals surface area contributed by atoms with Crippen molar-refractivity contribution >= 4 is 35.1 Å². The second-order valence-electron chi connectivity index (χ2n) is 4.20. The third-order valence-electron chi connectivity index (χ3n) is 2.64. The fourth-order valence-corrected chi connectivity index (χ4v) is 2.73. The first kappa shape index (κ1) is 17.0. The highest BCUT2D eigenvalue weighted by molar-refractivity contribution is 7.11. The van der Waals surface area contributed by atoms with Crippen LogP contribution in [-0.4, -0.2) is 34.9 Å². The molecule has 0 radical (unpaired) electrons. The van der Waals surface area contributed by atoms with Crippen LogP contribution in [0.4, 0.5) is 10.5 Å². The van der Waals surface area contributed by atoms with Crippen molar-refractivity contribution in [3.63, 3.8) is 0 Å². The molecule has 0 aliphatic carbocycles.